The lowest BCUT2D eigenvalue weighted by Crippen LogP contribution is -2.42. The number of carbonyl (C=O) groups is 1. The van der Waals surface area contributed by atoms with Crippen LogP contribution in [0.4, 0.5) is 5.69 Å². The first-order chi connectivity index (χ1) is 15.6. The number of halogens is 1. The predicted molar refractivity (Wildman–Crippen MR) is 128 cm³/mol. The van der Waals surface area contributed by atoms with Crippen LogP contribution in [-0.2, 0) is 11.3 Å². The van der Waals surface area contributed by atoms with Gasteiger partial charge in [-0.15, -0.1) is 0 Å². The number of likely N-dealkylation sites (tertiary alicyclic amines) is 1. The largest absolute Gasteiger partial charge is 0.373 e. The smallest absolute Gasteiger partial charge is 0.241 e. The molecule has 0 unspecified atom stereocenters. The number of likely N-dealkylation sites (N-methyl/N-ethyl adjacent to an activating group) is 1. The Balaban J connectivity index is 1.19. The van der Waals surface area contributed by atoms with Crippen LogP contribution in [0.25, 0.3) is 11.4 Å². The molecule has 2 heterocycles. The lowest BCUT2D eigenvalue weighted by Gasteiger charge is -2.30. The van der Waals surface area contributed by atoms with Gasteiger partial charge in [-0.1, -0.05) is 51.4 Å². The first-order valence-corrected chi connectivity index (χ1v) is 11.7. The molecule has 0 radical (unpaired) electrons. The Bertz CT molecular complexity index is 1020. The van der Waals surface area contributed by atoms with Gasteiger partial charge in [-0.25, -0.2) is 0 Å². The van der Waals surface area contributed by atoms with Crippen LogP contribution in [0, 0.1) is 5.92 Å². The van der Waals surface area contributed by atoms with Crippen molar-refractivity contribution in [1.82, 2.24) is 20.4 Å². The van der Waals surface area contributed by atoms with Gasteiger partial charge in [-0.05, 0) is 50.2 Å². The molecule has 0 atom stereocenters. The van der Waals surface area contributed by atoms with E-state index in [4.69, 9.17) is 4.52 Å². The number of para-hydroxylation sites is 1. The number of nitrogens with zero attached hydrogens (tertiary/aromatic N) is 4. The average molecular weight is 498 g/mol. The zero-order valence-corrected chi connectivity index (χ0v) is 19.8. The molecule has 1 saturated heterocycles. The number of hydrogen-bond donors (Lipinski definition) is 1. The third-order valence-corrected chi connectivity index (χ3v) is 6.30. The maximum atomic E-state index is 12.6. The van der Waals surface area contributed by atoms with Gasteiger partial charge in [0.2, 0.25) is 17.6 Å². The minimum Gasteiger partial charge on any atom is -0.373 e. The van der Waals surface area contributed by atoms with Gasteiger partial charge in [-0.3, -0.25) is 9.69 Å². The normalized spacial score (nSPS) is 14.9. The second-order valence-corrected chi connectivity index (χ2v) is 9.04. The molecular formula is C24H28BrN5O2. The third kappa shape index (κ3) is 5.95. The van der Waals surface area contributed by atoms with Crippen molar-refractivity contribution in [3.63, 3.8) is 0 Å². The van der Waals surface area contributed by atoms with Crippen molar-refractivity contribution < 1.29 is 9.32 Å². The van der Waals surface area contributed by atoms with E-state index in [9.17, 15) is 4.79 Å². The monoisotopic (exact) mass is 497 g/mol. The molecule has 1 fully saturated rings. The van der Waals surface area contributed by atoms with E-state index in [0.717, 1.165) is 48.2 Å². The van der Waals surface area contributed by atoms with Crippen LogP contribution in [0.5, 0.6) is 0 Å². The lowest BCUT2D eigenvalue weighted by atomic mass is 9.96. The van der Waals surface area contributed by atoms with Gasteiger partial charge in [0.25, 0.3) is 0 Å². The van der Waals surface area contributed by atoms with Crippen molar-refractivity contribution in [2.45, 2.75) is 19.4 Å². The highest BCUT2D eigenvalue weighted by Gasteiger charge is 2.26. The molecule has 1 aliphatic rings. The van der Waals surface area contributed by atoms with Crippen LogP contribution in [0.15, 0.2) is 63.6 Å². The summed E-state index contributed by atoms with van der Waals surface area (Å²) < 4.78 is 6.43. The highest BCUT2D eigenvalue weighted by molar-refractivity contribution is 9.10. The van der Waals surface area contributed by atoms with E-state index in [1.165, 1.54) is 0 Å². The SMILES string of the molecule is CN(CCNC(=O)C1CCN(Cc2nc(-c3cccc(Br)c3)no2)CC1)c1ccccc1. The van der Waals surface area contributed by atoms with E-state index < -0.39 is 0 Å². The maximum absolute atomic E-state index is 12.6. The average Bonchev–Trinajstić information content (AvgIpc) is 3.28. The number of anilines is 1. The number of rotatable bonds is 8. The van der Waals surface area contributed by atoms with Gasteiger partial charge in [-0.2, -0.15) is 4.98 Å². The number of nitrogens with one attached hydrogen (secondary N) is 1. The minimum atomic E-state index is 0.0631. The quantitative estimate of drug-likeness (QED) is 0.507. The van der Waals surface area contributed by atoms with Crippen LogP contribution in [0.3, 0.4) is 0 Å². The number of hydrogen-bond acceptors (Lipinski definition) is 6. The summed E-state index contributed by atoms with van der Waals surface area (Å²) in [5.74, 6) is 1.41. The molecule has 0 spiro atoms. The van der Waals surface area contributed by atoms with Crippen molar-refractivity contribution in [2.24, 2.45) is 5.92 Å². The number of aromatic nitrogens is 2. The van der Waals surface area contributed by atoms with Crippen molar-refractivity contribution in [1.29, 1.82) is 0 Å². The number of amides is 1. The lowest BCUT2D eigenvalue weighted by molar-refractivity contribution is -0.126. The number of benzene rings is 2. The molecule has 8 heteroatoms. The fourth-order valence-electron chi connectivity index (χ4n) is 3.91. The summed E-state index contributed by atoms with van der Waals surface area (Å²) in [6.07, 6.45) is 1.68. The molecule has 0 aliphatic carbocycles. The van der Waals surface area contributed by atoms with Crippen LogP contribution in [0.2, 0.25) is 0 Å². The van der Waals surface area contributed by atoms with Crippen LogP contribution in [-0.4, -0.2) is 54.2 Å². The first-order valence-electron chi connectivity index (χ1n) is 10.9. The number of piperidine rings is 1. The highest BCUT2D eigenvalue weighted by atomic mass is 79.9. The molecule has 1 amide bonds. The Morgan fingerprint density at radius 2 is 1.97 bits per heavy atom. The Kier molecular flexibility index (Phi) is 7.55. The second kappa shape index (κ2) is 10.7. The summed E-state index contributed by atoms with van der Waals surface area (Å²) >= 11 is 3.47. The molecule has 2 aromatic carbocycles. The minimum absolute atomic E-state index is 0.0631. The first kappa shape index (κ1) is 22.5. The van der Waals surface area contributed by atoms with Crippen LogP contribution < -0.4 is 10.2 Å². The van der Waals surface area contributed by atoms with Gasteiger partial charge >= 0.3 is 0 Å². The zero-order chi connectivity index (χ0) is 22.3. The molecule has 7 nitrogen and oxygen atoms in total. The molecular weight excluding hydrogens is 470 g/mol. The van der Waals surface area contributed by atoms with E-state index in [1.807, 2.05) is 49.5 Å². The van der Waals surface area contributed by atoms with E-state index in [1.54, 1.807) is 0 Å². The molecule has 1 N–H and O–H groups in total. The van der Waals surface area contributed by atoms with Crippen molar-refractivity contribution >= 4 is 27.5 Å². The molecule has 3 aromatic rings. The standard InChI is InChI=1S/C24H28BrN5O2/c1-29(21-8-3-2-4-9-21)15-12-26-24(31)18-10-13-30(14-11-18)17-22-27-23(28-32-22)19-6-5-7-20(25)16-19/h2-9,16,18H,10-15,17H2,1H3,(H,26,31). The van der Waals surface area contributed by atoms with E-state index >= 15 is 0 Å². The molecule has 1 aromatic heterocycles. The van der Waals surface area contributed by atoms with Crippen LogP contribution in [0.1, 0.15) is 18.7 Å². The van der Waals surface area contributed by atoms with Gasteiger partial charge in [0.15, 0.2) is 0 Å². The van der Waals surface area contributed by atoms with Gasteiger partial charge in [0.05, 0.1) is 6.54 Å². The van der Waals surface area contributed by atoms with Crippen LogP contribution >= 0.6 is 15.9 Å². The van der Waals surface area contributed by atoms with E-state index in [2.05, 4.69) is 53.3 Å². The van der Waals surface area contributed by atoms with Gasteiger partial charge in [0.1, 0.15) is 0 Å². The summed E-state index contributed by atoms with van der Waals surface area (Å²) in [6, 6.07) is 18.0. The van der Waals surface area contributed by atoms with E-state index in [-0.39, 0.29) is 11.8 Å². The summed E-state index contributed by atoms with van der Waals surface area (Å²) in [7, 11) is 2.04. The molecule has 0 bridgehead atoms. The van der Waals surface area contributed by atoms with Crippen molar-refractivity contribution in [3.8, 4) is 11.4 Å². The maximum Gasteiger partial charge on any atom is 0.241 e. The summed E-state index contributed by atoms with van der Waals surface area (Å²) in [4.78, 5) is 21.5. The second-order valence-electron chi connectivity index (χ2n) is 8.12. The zero-order valence-electron chi connectivity index (χ0n) is 18.2. The van der Waals surface area contributed by atoms with Gasteiger partial charge < -0.3 is 14.7 Å². The molecule has 168 valence electrons. The Hall–Kier alpha value is -2.71. The molecule has 4 rings (SSSR count). The molecule has 0 saturated carbocycles. The summed E-state index contributed by atoms with van der Waals surface area (Å²) in [5, 5.41) is 7.20. The fraction of sp³-hybridized carbons (Fsp3) is 0.375. The summed E-state index contributed by atoms with van der Waals surface area (Å²) in [5.41, 5.74) is 2.07. The fourth-order valence-corrected chi connectivity index (χ4v) is 4.31. The van der Waals surface area contributed by atoms with Crippen molar-refractivity contribution in [2.75, 3.05) is 38.1 Å². The van der Waals surface area contributed by atoms with Gasteiger partial charge in [0, 0.05) is 41.8 Å². The number of carbonyl (C=O) groups excluding carboxylic acids is 1. The van der Waals surface area contributed by atoms with Crippen molar-refractivity contribution in [3.05, 3.63) is 65.0 Å². The molecule has 32 heavy (non-hydrogen) atoms. The van der Waals surface area contributed by atoms with E-state index in [0.29, 0.717) is 24.8 Å². The topological polar surface area (TPSA) is 74.5 Å². The Labute approximate surface area is 196 Å². The predicted octanol–water partition coefficient (Wildman–Crippen LogP) is 3.96. The highest BCUT2D eigenvalue weighted by Crippen LogP contribution is 2.22. The Morgan fingerprint density at radius 3 is 2.72 bits per heavy atom. The Morgan fingerprint density at radius 1 is 1.19 bits per heavy atom. The summed E-state index contributed by atoms with van der Waals surface area (Å²) in [6.45, 7) is 3.72. The molecule has 1 aliphatic heterocycles. The third-order valence-electron chi connectivity index (χ3n) is 5.81.